The van der Waals surface area contributed by atoms with Crippen molar-refractivity contribution in [3.8, 4) is 0 Å². The van der Waals surface area contributed by atoms with E-state index in [-0.39, 0.29) is 16.5 Å². The lowest BCUT2D eigenvalue weighted by Gasteiger charge is -2.13. The second-order valence-corrected chi connectivity index (χ2v) is 6.31. The van der Waals surface area contributed by atoms with E-state index in [1.54, 1.807) is 0 Å². The van der Waals surface area contributed by atoms with Crippen LogP contribution in [0.4, 0.5) is 10.1 Å². The third-order valence-corrected chi connectivity index (χ3v) is 4.55. The summed E-state index contributed by atoms with van der Waals surface area (Å²) in [5, 5.41) is 10.7. The maximum absolute atomic E-state index is 13.6. The molecule has 6 nitrogen and oxygen atoms in total. The summed E-state index contributed by atoms with van der Waals surface area (Å²) < 4.78 is 40.3. The van der Waals surface area contributed by atoms with Crippen molar-refractivity contribution in [3.63, 3.8) is 0 Å². The summed E-state index contributed by atoms with van der Waals surface area (Å²) in [5.41, 5.74) is -0.918. The Labute approximate surface area is 115 Å². The van der Waals surface area contributed by atoms with Crippen molar-refractivity contribution in [1.82, 2.24) is 4.72 Å². The van der Waals surface area contributed by atoms with E-state index in [2.05, 4.69) is 4.72 Å². The van der Waals surface area contributed by atoms with E-state index in [9.17, 15) is 22.9 Å². The molecule has 0 amide bonds. The lowest BCUT2D eigenvalue weighted by Crippen LogP contribution is -2.33. The summed E-state index contributed by atoms with van der Waals surface area (Å²) in [5.74, 6) is -1.02. The highest BCUT2D eigenvalue weighted by molar-refractivity contribution is 7.89. The van der Waals surface area contributed by atoms with Gasteiger partial charge in [-0.15, -0.1) is 0 Å². The van der Waals surface area contributed by atoms with E-state index in [1.807, 2.05) is 12.2 Å². The third-order valence-electron chi connectivity index (χ3n) is 3.05. The Morgan fingerprint density at radius 2 is 1.95 bits per heavy atom. The van der Waals surface area contributed by atoms with Gasteiger partial charge in [-0.25, -0.2) is 13.1 Å². The average Bonchev–Trinajstić information content (AvgIpc) is 2.83. The molecule has 0 heterocycles. The quantitative estimate of drug-likeness (QED) is 0.523. The number of hydrogen-bond donors (Lipinski definition) is 1. The molecule has 0 unspecified atom stereocenters. The van der Waals surface area contributed by atoms with Gasteiger partial charge < -0.3 is 0 Å². The Morgan fingerprint density at radius 1 is 1.35 bits per heavy atom. The zero-order valence-corrected chi connectivity index (χ0v) is 11.5. The molecule has 0 bridgehead atoms. The molecule has 0 fully saturated rings. The summed E-state index contributed by atoms with van der Waals surface area (Å²) in [6, 6.07) is 1.57. The Kier molecular flexibility index (Phi) is 3.87. The van der Waals surface area contributed by atoms with Crippen molar-refractivity contribution in [1.29, 1.82) is 0 Å². The molecule has 2 rings (SSSR count). The highest BCUT2D eigenvalue weighted by Gasteiger charge is 2.26. The van der Waals surface area contributed by atoms with Gasteiger partial charge in [-0.1, -0.05) is 12.2 Å². The van der Waals surface area contributed by atoms with Crippen molar-refractivity contribution in [2.24, 2.45) is 0 Å². The molecule has 1 aliphatic rings. The summed E-state index contributed by atoms with van der Waals surface area (Å²) >= 11 is 0. The standard InChI is InChI=1S/C12H13FN2O4S/c1-8-6-10(7-11(12(8)13)15(16)17)20(18,19)14-9-4-2-3-5-9/h2-3,6-7,9,14H,4-5H2,1H3. The molecule has 1 aliphatic carbocycles. The van der Waals surface area contributed by atoms with E-state index < -0.39 is 26.5 Å². The number of nitrogens with one attached hydrogen (secondary N) is 1. The predicted molar refractivity (Wildman–Crippen MR) is 70.3 cm³/mol. The number of rotatable bonds is 4. The number of hydrogen-bond acceptors (Lipinski definition) is 4. The van der Waals surface area contributed by atoms with Gasteiger partial charge in [0.25, 0.3) is 0 Å². The molecule has 0 saturated heterocycles. The van der Waals surface area contributed by atoms with Crippen molar-refractivity contribution in [3.05, 3.63) is 45.8 Å². The minimum Gasteiger partial charge on any atom is -0.258 e. The van der Waals surface area contributed by atoms with Crippen LogP contribution in [0, 0.1) is 22.9 Å². The van der Waals surface area contributed by atoms with Crippen molar-refractivity contribution in [2.45, 2.75) is 30.7 Å². The van der Waals surface area contributed by atoms with Crippen LogP contribution in [0.5, 0.6) is 0 Å². The van der Waals surface area contributed by atoms with Gasteiger partial charge in [-0.2, -0.15) is 4.39 Å². The Morgan fingerprint density at radius 3 is 2.50 bits per heavy atom. The van der Waals surface area contributed by atoms with Gasteiger partial charge in [0.2, 0.25) is 15.8 Å². The first-order valence-electron chi connectivity index (χ1n) is 5.93. The second kappa shape index (κ2) is 5.29. The first-order chi connectivity index (χ1) is 9.31. The molecule has 1 aromatic carbocycles. The number of halogens is 1. The molecular formula is C12H13FN2O4S. The van der Waals surface area contributed by atoms with E-state index >= 15 is 0 Å². The third kappa shape index (κ3) is 2.86. The predicted octanol–water partition coefficient (Wildman–Crippen LogP) is 2.04. The molecule has 0 aromatic heterocycles. The summed E-state index contributed by atoms with van der Waals surface area (Å²) in [6.07, 6.45) is 4.85. The zero-order chi connectivity index (χ0) is 14.9. The number of nitrogens with zero attached hydrogens (tertiary/aromatic N) is 1. The van der Waals surface area contributed by atoms with Gasteiger partial charge in [-0.3, -0.25) is 10.1 Å². The molecule has 8 heteroatoms. The number of aryl methyl sites for hydroxylation is 1. The summed E-state index contributed by atoms with van der Waals surface area (Å²) in [6.45, 7) is 1.29. The van der Waals surface area contributed by atoms with Gasteiger partial charge in [0.1, 0.15) is 0 Å². The van der Waals surface area contributed by atoms with Crippen LogP contribution in [-0.4, -0.2) is 19.4 Å². The average molecular weight is 300 g/mol. The number of sulfonamides is 1. The molecule has 0 spiro atoms. The Hall–Kier alpha value is -1.80. The summed E-state index contributed by atoms with van der Waals surface area (Å²) in [7, 11) is -3.90. The molecular weight excluding hydrogens is 287 g/mol. The van der Waals surface area contributed by atoms with Gasteiger partial charge in [0.05, 0.1) is 9.82 Å². The van der Waals surface area contributed by atoms with Gasteiger partial charge in [0, 0.05) is 12.1 Å². The zero-order valence-electron chi connectivity index (χ0n) is 10.7. The number of nitro groups is 1. The normalized spacial score (nSPS) is 15.7. The number of benzene rings is 1. The van der Waals surface area contributed by atoms with Gasteiger partial charge in [-0.05, 0) is 31.4 Å². The van der Waals surface area contributed by atoms with Crippen molar-refractivity contribution in [2.75, 3.05) is 0 Å². The molecule has 108 valence electrons. The first kappa shape index (κ1) is 14.6. The smallest absolute Gasteiger partial charge is 0.258 e. The van der Waals surface area contributed by atoms with Crippen LogP contribution in [0.2, 0.25) is 0 Å². The fourth-order valence-electron chi connectivity index (χ4n) is 2.01. The molecule has 0 saturated carbocycles. The fourth-order valence-corrected chi connectivity index (χ4v) is 3.37. The van der Waals surface area contributed by atoms with Crippen LogP contribution in [0.1, 0.15) is 18.4 Å². The molecule has 20 heavy (non-hydrogen) atoms. The topological polar surface area (TPSA) is 89.3 Å². The maximum atomic E-state index is 13.6. The van der Waals surface area contributed by atoms with Gasteiger partial charge >= 0.3 is 5.69 Å². The molecule has 1 N–H and O–H groups in total. The van der Waals surface area contributed by atoms with Gasteiger partial charge in [0.15, 0.2) is 0 Å². The van der Waals surface area contributed by atoms with Crippen LogP contribution in [0.25, 0.3) is 0 Å². The molecule has 0 aliphatic heterocycles. The lowest BCUT2D eigenvalue weighted by atomic mass is 10.2. The Bertz CT molecular complexity index is 677. The van der Waals surface area contributed by atoms with Crippen molar-refractivity contribution >= 4 is 15.7 Å². The fraction of sp³-hybridized carbons (Fsp3) is 0.333. The SMILES string of the molecule is Cc1cc(S(=O)(=O)NC2CC=CC2)cc([N+](=O)[O-])c1F. The van der Waals surface area contributed by atoms with E-state index in [4.69, 9.17) is 0 Å². The first-order valence-corrected chi connectivity index (χ1v) is 7.41. The van der Waals surface area contributed by atoms with Crippen LogP contribution >= 0.6 is 0 Å². The van der Waals surface area contributed by atoms with Crippen LogP contribution in [-0.2, 0) is 10.0 Å². The van der Waals surface area contributed by atoms with E-state index in [0.29, 0.717) is 12.8 Å². The maximum Gasteiger partial charge on any atom is 0.306 e. The molecule has 0 atom stereocenters. The van der Waals surface area contributed by atoms with Crippen LogP contribution in [0.3, 0.4) is 0 Å². The van der Waals surface area contributed by atoms with Crippen LogP contribution < -0.4 is 4.72 Å². The Balaban J connectivity index is 2.38. The molecule has 1 aromatic rings. The largest absolute Gasteiger partial charge is 0.306 e. The minimum absolute atomic E-state index is 0.0795. The highest BCUT2D eigenvalue weighted by atomic mass is 32.2. The lowest BCUT2D eigenvalue weighted by molar-refractivity contribution is -0.387. The summed E-state index contributed by atoms with van der Waals surface area (Å²) in [4.78, 5) is 9.51. The number of nitro benzene ring substituents is 1. The monoisotopic (exact) mass is 300 g/mol. The molecule has 0 radical (unpaired) electrons. The second-order valence-electron chi connectivity index (χ2n) is 4.59. The minimum atomic E-state index is -3.90. The van der Waals surface area contributed by atoms with E-state index in [1.165, 1.54) is 6.92 Å². The van der Waals surface area contributed by atoms with Crippen LogP contribution in [0.15, 0.2) is 29.2 Å². The highest BCUT2D eigenvalue weighted by Crippen LogP contribution is 2.25. The van der Waals surface area contributed by atoms with Crippen molar-refractivity contribution < 1.29 is 17.7 Å². The van der Waals surface area contributed by atoms with E-state index in [0.717, 1.165) is 12.1 Å².